The number of likely N-dealkylation sites (tertiary alicyclic amines) is 1. The van der Waals surface area contributed by atoms with Gasteiger partial charge in [-0.1, -0.05) is 42.5 Å². The van der Waals surface area contributed by atoms with Gasteiger partial charge in [0.25, 0.3) is 5.92 Å². The van der Waals surface area contributed by atoms with Gasteiger partial charge in [-0.05, 0) is 16.3 Å². The quantitative estimate of drug-likeness (QED) is 0.906. The lowest BCUT2D eigenvalue weighted by molar-refractivity contribution is -0.139. The second-order valence-corrected chi connectivity index (χ2v) is 5.82. The Labute approximate surface area is 136 Å². The minimum Gasteiger partial charge on any atom is -0.479 e. The number of alkyl halides is 2. The van der Waals surface area contributed by atoms with Crippen LogP contribution >= 0.6 is 0 Å². The Bertz CT molecular complexity index is 789. The molecule has 0 bridgehead atoms. The number of carbonyl (C=O) groups excluding carboxylic acids is 1. The molecule has 2 aromatic rings. The van der Waals surface area contributed by atoms with Crippen LogP contribution in [0.15, 0.2) is 42.5 Å². The highest BCUT2D eigenvalue weighted by Gasteiger charge is 2.41. The Kier molecular flexibility index (Phi) is 4.09. The van der Waals surface area contributed by atoms with Crippen molar-refractivity contribution in [2.24, 2.45) is 0 Å². The minimum atomic E-state index is -2.92. The third-order valence-corrected chi connectivity index (χ3v) is 4.11. The molecule has 1 atom stereocenters. The molecule has 1 fully saturated rings. The summed E-state index contributed by atoms with van der Waals surface area (Å²) in [6.07, 6.45) is -0.410. The predicted molar refractivity (Wildman–Crippen MR) is 84.0 cm³/mol. The number of nitrogens with zero attached hydrogens (tertiary/aromatic N) is 1. The van der Waals surface area contributed by atoms with Crippen LogP contribution in [0.3, 0.4) is 0 Å². The van der Waals surface area contributed by atoms with E-state index in [0.717, 1.165) is 10.3 Å². The van der Waals surface area contributed by atoms with Crippen molar-refractivity contribution in [2.75, 3.05) is 13.1 Å². The number of carboxylic acids is 1. The van der Waals surface area contributed by atoms with Crippen LogP contribution < -0.4 is 5.32 Å². The van der Waals surface area contributed by atoms with Gasteiger partial charge in [0, 0.05) is 13.0 Å². The molecule has 0 radical (unpaired) electrons. The summed E-state index contributed by atoms with van der Waals surface area (Å²) in [5, 5.41) is 13.4. The molecule has 0 aliphatic carbocycles. The molecule has 5 nitrogen and oxygen atoms in total. The normalized spacial score (nSPS) is 17.7. The molecule has 2 aromatic carbocycles. The summed E-state index contributed by atoms with van der Waals surface area (Å²) in [5.74, 6) is -4.17. The lowest BCUT2D eigenvalue weighted by Crippen LogP contribution is -2.43. The van der Waals surface area contributed by atoms with Gasteiger partial charge in [0.1, 0.15) is 0 Å². The van der Waals surface area contributed by atoms with E-state index in [4.69, 9.17) is 0 Å². The first kappa shape index (κ1) is 16.2. The SMILES string of the molecule is O=C(O)C(NC(=O)N1CCC(F)(F)C1)c1cccc2ccccc12. The number of nitrogens with one attached hydrogen (secondary N) is 1. The average Bonchev–Trinajstić information content (AvgIpc) is 2.92. The molecular formula is C17H16F2N2O3. The maximum Gasteiger partial charge on any atom is 0.330 e. The second-order valence-electron chi connectivity index (χ2n) is 5.82. The number of carboxylic acid groups (broad SMARTS) is 1. The van der Waals surface area contributed by atoms with Gasteiger partial charge >= 0.3 is 12.0 Å². The lowest BCUT2D eigenvalue weighted by atomic mass is 9.99. The van der Waals surface area contributed by atoms with Crippen LogP contribution in [0.25, 0.3) is 10.8 Å². The summed E-state index contributed by atoms with van der Waals surface area (Å²) >= 11 is 0. The average molecular weight is 334 g/mol. The summed E-state index contributed by atoms with van der Waals surface area (Å²) in [6.45, 7) is -0.790. The van der Waals surface area contributed by atoms with Crippen LogP contribution in [0.2, 0.25) is 0 Å². The van der Waals surface area contributed by atoms with Gasteiger partial charge in [-0.2, -0.15) is 0 Å². The fraction of sp³-hybridized carbons (Fsp3) is 0.294. The Hall–Kier alpha value is -2.70. The first-order chi connectivity index (χ1) is 11.4. The van der Waals surface area contributed by atoms with E-state index in [1.165, 1.54) is 0 Å². The zero-order chi connectivity index (χ0) is 17.3. The van der Waals surface area contributed by atoms with E-state index in [-0.39, 0.29) is 6.54 Å². The van der Waals surface area contributed by atoms with E-state index >= 15 is 0 Å². The standard InChI is InChI=1S/C17H16F2N2O3/c18-17(19)8-9-21(10-17)16(24)20-14(15(22)23)13-7-3-5-11-4-1-2-6-12(11)13/h1-7,14H,8-10H2,(H,20,24)(H,22,23). The summed E-state index contributed by atoms with van der Waals surface area (Å²) in [7, 11) is 0. The Morgan fingerprint density at radius 1 is 1.17 bits per heavy atom. The zero-order valence-electron chi connectivity index (χ0n) is 12.7. The first-order valence-corrected chi connectivity index (χ1v) is 7.51. The van der Waals surface area contributed by atoms with Gasteiger partial charge in [-0.3, -0.25) is 0 Å². The number of hydrogen-bond donors (Lipinski definition) is 2. The molecule has 3 rings (SSSR count). The number of fused-ring (bicyclic) bond motifs is 1. The largest absolute Gasteiger partial charge is 0.479 e. The monoisotopic (exact) mass is 334 g/mol. The van der Waals surface area contributed by atoms with Crippen molar-refractivity contribution in [1.82, 2.24) is 10.2 Å². The molecule has 0 saturated carbocycles. The van der Waals surface area contributed by atoms with Crippen molar-refractivity contribution in [3.8, 4) is 0 Å². The van der Waals surface area contributed by atoms with E-state index in [0.29, 0.717) is 10.9 Å². The summed E-state index contributed by atoms with van der Waals surface area (Å²) in [6, 6.07) is 10.2. The molecule has 0 aromatic heterocycles. The van der Waals surface area contributed by atoms with E-state index in [1.807, 2.05) is 18.2 Å². The van der Waals surface area contributed by atoms with Crippen LogP contribution in [0, 0.1) is 0 Å². The van der Waals surface area contributed by atoms with Crippen molar-refractivity contribution in [3.63, 3.8) is 0 Å². The van der Waals surface area contributed by atoms with E-state index in [9.17, 15) is 23.5 Å². The van der Waals surface area contributed by atoms with Gasteiger partial charge in [0.05, 0.1) is 6.54 Å². The highest BCUT2D eigenvalue weighted by molar-refractivity contribution is 5.92. The summed E-state index contributed by atoms with van der Waals surface area (Å²) in [5.41, 5.74) is 0.417. The topological polar surface area (TPSA) is 69.6 Å². The van der Waals surface area contributed by atoms with E-state index < -0.39 is 36.9 Å². The maximum absolute atomic E-state index is 13.2. The van der Waals surface area contributed by atoms with Crippen LogP contribution in [0.4, 0.5) is 13.6 Å². The van der Waals surface area contributed by atoms with Gasteiger partial charge in [0.2, 0.25) is 0 Å². The molecule has 1 saturated heterocycles. The predicted octanol–water partition coefficient (Wildman–Crippen LogP) is 3.02. The van der Waals surface area contributed by atoms with Crippen LogP contribution in [-0.4, -0.2) is 41.0 Å². The fourth-order valence-electron chi connectivity index (χ4n) is 2.90. The van der Waals surface area contributed by atoms with E-state index in [1.54, 1.807) is 24.3 Å². The molecule has 126 valence electrons. The molecule has 1 aliphatic heterocycles. The van der Waals surface area contributed by atoms with Crippen LogP contribution in [0.1, 0.15) is 18.0 Å². The fourth-order valence-corrected chi connectivity index (χ4v) is 2.90. The Morgan fingerprint density at radius 3 is 2.54 bits per heavy atom. The van der Waals surface area contributed by atoms with Gasteiger partial charge in [0.15, 0.2) is 6.04 Å². The number of amides is 2. The third-order valence-electron chi connectivity index (χ3n) is 4.11. The number of benzene rings is 2. The molecule has 0 spiro atoms. The number of aliphatic carboxylic acids is 1. The van der Waals surface area contributed by atoms with Crippen molar-refractivity contribution >= 4 is 22.8 Å². The summed E-state index contributed by atoms with van der Waals surface area (Å²) < 4.78 is 26.5. The van der Waals surface area contributed by atoms with Crippen molar-refractivity contribution in [2.45, 2.75) is 18.4 Å². The molecule has 1 unspecified atom stereocenters. The van der Waals surface area contributed by atoms with Gasteiger partial charge < -0.3 is 15.3 Å². The van der Waals surface area contributed by atoms with E-state index in [2.05, 4.69) is 5.32 Å². The van der Waals surface area contributed by atoms with Crippen molar-refractivity contribution in [3.05, 3.63) is 48.0 Å². The Morgan fingerprint density at radius 2 is 1.88 bits per heavy atom. The molecule has 1 heterocycles. The number of rotatable bonds is 3. The maximum atomic E-state index is 13.2. The Balaban J connectivity index is 1.88. The molecular weight excluding hydrogens is 318 g/mol. The number of carbonyl (C=O) groups is 2. The minimum absolute atomic E-state index is 0.0965. The molecule has 1 aliphatic rings. The van der Waals surface area contributed by atoms with Gasteiger partial charge in [-0.15, -0.1) is 0 Å². The van der Waals surface area contributed by atoms with Gasteiger partial charge in [-0.25, -0.2) is 18.4 Å². The molecule has 7 heteroatoms. The summed E-state index contributed by atoms with van der Waals surface area (Å²) in [4.78, 5) is 24.8. The molecule has 2 amide bonds. The smallest absolute Gasteiger partial charge is 0.330 e. The second kappa shape index (κ2) is 6.07. The van der Waals surface area contributed by atoms with Crippen molar-refractivity contribution < 1.29 is 23.5 Å². The number of halogens is 2. The highest BCUT2D eigenvalue weighted by Crippen LogP contribution is 2.28. The number of urea groups is 1. The lowest BCUT2D eigenvalue weighted by Gasteiger charge is -2.22. The first-order valence-electron chi connectivity index (χ1n) is 7.51. The van der Waals surface area contributed by atoms with Crippen molar-refractivity contribution in [1.29, 1.82) is 0 Å². The van der Waals surface area contributed by atoms with Crippen LogP contribution in [-0.2, 0) is 4.79 Å². The molecule has 24 heavy (non-hydrogen) atoms. The molecule has 2 N–H and O–H groups in total. The van der Waals surface area contributed by atoms with Crippen LogP contribution in [0.5, 0.6) is 0 Å². The number of hydrogen-bond acceptors (Lipinski definition) is 2. The highest BCUT2D eigenvalue weighted by atomic mass is 19.3. The third kappa shape index (κ3) is 3.15. The zero-order valence-corrected chi connectivity index (χ0v) is 12.7.